The summed E-state index contributed by atoms with van der Waals surface area (Å²) in [5.41, 5.74) is 3.37. The minimum atomic E-state index is -0.105. The molecule has 0 radical (unpaired) electrons. The third kappa shape index (κ3) is 4.29. The summed E-state index contributed by atoms with van der Waals surface area (Å²) in [6.45, 7) is 5.76. The maximum absolute atomic E-state index is 12.5. The van der Waals surface area contributed by atoms with Crippen molar-refractivity contribution < 1.29 is 4.79 Å². The average Bonchev–Trinajstić information content (AvgIpc) is 2.65. The van der Waals surface area contributed by atoms with Crippen LogP contribution < -0.4 is 5.32 Å². The number of aryl methyl sites for hydroxylation is 2. The predicted octanol–water partition coefficient (Wildman–Crippen LogP) is 4.69. The molecule has 1 heterocycles. The first-order valence-electron chi connectivity index (χ1n) is 8.77. The summed E-state index contributed by atoms with van der Waals surface area (Å²) in [5, 5.41) is 15.3. The Morgan fingerprint density at radius 1 is 1.22 bits per heavy atom. The topological polar surface area (TPSA) is 65.8 Å². The van der Waals surface area contributed by atoms with Crippen LogP contribution in [0.3, 0.4) is 0 Å². The SMILES string of the molecule is Cc1cc(C)c(C#N)c(SCC(=O)NC(C)c2cccc3ccccc23)n1. The number of thioether (sulfide) groups is 1. The molecule has 0 spiro atoms. The number of amides is 1. The Hall–Kier alpha value is -2.84. The molecule has 0 bridgehead atoms. The number of fused-ring (bicyclic) bond motifs is 1. The average molecular weight is 375 g/mol. The Balaban J connectivity index is 1.70. The van der Waals surface area contributed by atoms with Crippen LogP contribution in [0.15, 0.2) is 53.6 Å². The van der Waals surface area contributed by atoms with Gasteiger partial charge >= 0.3 is 0 Å². The third-order valence-electron chi connectivity index (χ3n) is 4.43. The number of nitriles is 1. The van der Waals surface area contributed by atoms with Crippen molar-refractivity contribution in [1.29, 1.82) is 5.26 Å². The van der Waals surface area contributed by atoms with E-state index in [1.807, 2.05) is 51.1 Å². The number of carbonyl (C=O) groups excluding carboxylic acids is 1. The lowest BCUT2D eigenvalue weighted by Gasteiger charge is -2.16. The molecule has 0 aliphatic carbocycles. The number of hydrogen-bond donors (Lipinski definition) is 1. The number of carbonyl (C=O) groups is 1. The summed E-state index contributed by atoms with van der Waals surface area (Å²) in [7, 11) is 0. The molecular formula is C22H21N3OS. The molecule has 5 heteroatoms. The van der Waals surface area contributed by atoms with Gasteiger partial charge in [-0.2, -0.15) is 5.26 Å². The van der Waals surface area contributed by atoms with Crippen LogP contribution in [0.4, 0.5) is 0 Å². The Morgan fingerprint density at radius 2 is 1.96 bits per heavy atom. The molecule has 1 amide bonds. The lowest BCUT2D eigenvalue weighted by Crippen LogP contribution is -2.28. The molecule has 3 rings (SSSR count). The lowest BCUT2D eigenvalue weighted by molar-refractivity contribution is -0.119. The lowest BCUT2D eigenvalue weighted by atomic mass is 10.00. The van der Waals surface area contributed by atoms with Gasteiger partial charge < -0.3 is 5.32 Å². The van der Waals surface area contributed by atoms with E-state index in [-0.39, 0.29) is 17.7 Å². The van der Waals surface area contributed by atoms with Gasteiger partial charge in [0.1, 0.15) is 11.1 Å². The minimum absolute atomic E-state index is 0.0784. The van der Waals surface area contributed by atoms with Crippen LogP contribution in [0.2, 0.25) is 0 Å². The van der Waals surface area contributed by atoms with E-state index in [0.717, 1.165) is 27.6 Å². The zero-order chi connectivity index (χ0) is 19.4. The Kier molecular flexibility index (Phi) is 5.78. The monoisotopic (exact) mass is 375 g/mol. The highest BCUT2D eigenvalue weighted by Crippen LogP contribution is 2.26. The number of rotatable bonds is 5. The van der Waals surface area contributed by atoms with Crippen molar-refractivity contribution in [3.8, 4) is 6.07 Å². The highest BCUT2D eigenvalue weighted by molar-refractivity contribution is 8.00. The van der Waals surface area contributed by atoms with Gasteiger partial charge in [-0.15, -0.1) is 0 Å². The molecule has 0 saturated carbocycles. The van der Waals surface area contributed by atoms with Crippen LogP contribution in [0.5, 0.6) is 0 Å². The van der Waals surface area contributed by atoms with Gasteiger partial charge in [0.2, 0.25) is 5.91 Å². The van der Waals surface area contributed by atoms with Crippen LogP contribution >= 0.6 is 11.8 Å². The van der Waals surface area contributed by atoms with E-state index in [1.54, 1.807) is 0 Å². The molecule has 0 fully saturated rings. The van der Waals surface area contributed by atoms with E-state index in [2.05, 4.69) is 34.6 Å². The van der Waals surface area contributed by atoms with Gasteiger partial charge in [-0.25, -0.2) is 4.98 Å². The van der Waals surface area contributed by atoms with Crippen molar-refractivity contribution in [2.75, 3.05) is 5.75 Å². The molecule has 27 heavy (non-hydrogen) atoms. The predicted molar refractivity (Wildman–Crippen MR) is 110 cm³/mol. The van der Waals surface area contributed by atoms with Gasteiger partial charge in [-0.3, -0.25) is 4.79 Å². The number of pyridine rings is 1. The van der Waals surface area contributed by atoms with E-state index in [4.69, 9.17) is 0 Å². The first-order valence-corrected chi connectivity index (χ1v) is 9.76. The summed E-state index contributed by atoms with van der Waals surface area (Å²) in [6.07, 6.45) is 0. The highest BCUT2D eigenvalue weighted by atomic mass is 32.2. The van der Waals surface area contributed by atoms with Crippen molar-refractivity contribution in [2.45, 2.75) is 31.8 Å². The maximum Gasteiger partial charge on any atom is 0.230 e. The molecular weight excluding hydrogens is 354 g/mol. The molecule has 1 atom stereocenters. The molecule has 0 aliphatic rings. The smallest absolute Gasteiger partial charge is 0.230 e. The summed E-state index contributed by atoms with van der Waals surface area (Å²) in [6, 6.07) is 18.2. The Labute approximate surface area is 163 Å². The number of hydrogen-bond acceptors (Lipinski definition) is 4. The maximum atomic E-state index is 12.5. The Morgan fingerprint density at radius 3 is 2.74 bits per heavy atom. The van der Waals surface area contributed by atoms with Gasteiger partial charge in [0.05, 0.1) is 17.4 Å². The van der Waals surface area contributed by atoms with E-state index in [1.165, 1.54) is 11.8 Å². The zero-order valence-electron chi connectivity index (χ0n) is 15.6. The standard InChI is InChI=1S/C22H21N3OS/c1-14-11-15(2)24-22(20(14)12-23)27-13-21(26)25-16(3)18-10-6-8-17-7-4-5-9-19(17)18/h4-11,16H,13H2,1-3H3,(H,25,26). The summed E-state index contributed by atoms with van der Waals surface area (Å²) < 4.78 is 0. The van der Waals surface area contributed by atoms with Crippen LogP contribution in [0.25, 0.3) is 10.8 Å². The van der Waals surface area contributed by atoms with Crippen molar-refractivity contribution in [2.24, 2.45) is 0 Å². The fourth-order valence-electron chi connectivity index (χ4n) is 3.17. The number of nitrogens with one attached hydrogen (secondary N) is 1. The second-order valence-electron chi connectivity index (χ2n) is 6.52. The largest absolute Gasteiger partial charge is 0.349 e. The van der Waals surface area contributed by atoms with E-state index in [9.17, 15) is 10.1 Å². The second kappa shape index (κ2) is 8.24. The quantitative estimate of drug-likeness (QED) is 0.657. The molecule has 1 N–H and O–H groups in total. The van der Waals surface area contributed by atoms with Gasteiger partial charge in [-0.05, 0) is 48.7 Å². The highest BCUT2D eigenvalue weighted by Gasteiger charge is 2.15. The summed E-state index contributed by atoms with van der Waals surface area (Å²) in [4.78, 5) is 16.9. The van der Waals surface area contributed by atoms with Crippen LogP contribution in [-0.2, 0) is 4.79 Å². The number of aromatic nitrogens is 1. The van der Waals surface area contributed by atoms with Crippen molar-refractivity contribution in [3.63, 3.8) is 0 Å². The van der Waals surface area contributed by atoms with Gasteiger partial charge in [-0.1, -0.05) is 54.2 Å². The van der Waals surface area contributed by atoms with Crippen LogP contribution in [0, 0.1) is 25.2 Å². The zero-order valence-corrected chi connectivity index (χ0v) is 16.4. The Bertz CT molecular complexity index is 1030. The van der Waals surface area contributed by atoms with Crippen molar-refractivity contribution in [3.05, 3.63) is 70.9 Å². The molecule has 1 aromatic heterocycles. The normalized spacial score (nSPS) is 11.8. The summed E-state index contributed by atoms with van der Waals surface area (Å²) >= 11 is 1.30. The molecule has 0 aliphatic heterocycles. The first kappa shape index (κ1) is 18.9. The van der Waals surface area contributed by atoms with Gasteiger partial charge in [0.15, 0.2) is 0 Å². The van der Waals surface area contributed by atoms with Gasteiger partial charge in [0.25, 0.3) is 0 Å². The molecule has 0 saturated heterocycles. The molecule has 4 nitrogen and oxygen atoms in total. The fraction of sp³-hybridized carbons (Fsp3) is 0.227. The number of benzene rings is 2. The van der Waals surface area contributed by atoms with Crippen molar-refractivity contribution >= 4 is 28.4 Å². The molecule has 1 unspecified atom stereocenters. The minimum Gasteiger partial charge on any atom is -0.349 e. The summed E-state index contributed by atoms with van der Waals surface area (Å²) in [5.74, 6) is 0.143. The van der Waals surface area contributed by atoms with E-state index >= 15 is 0 Å². The molecule has 3 aromatic rings. The van der Waals surface area contributed by atoms with E-state index in [0.29, 0.717) is 10.6 Å². The van der Waals surface area contributed by atoms with E-state index < -0.39 is 0 Å². The van der Waals surface area contributed by atoms with Crippen molar-refractivity contribution in [1.82, 2.24) is 10.3 Å². The van der Waals surface area contributed by atoms with Crippen LogP contribution in [0.1, 0.15) is 35.3 Å². The number of nitrogens with zero attached hydrogens (tertiary/aromatic N) is 2. The second-order valence-corrected chi connectivity index (χ2v) is 7.48. The molecule has 2 aromatic carbocycles. The van der Waals surface area contributed by atoms with Crippen LogP contribution in [-0.4, -0.2) is 16.6 Å². The first-order chi connectivity index (χ1) is 13.0. The van der Waals surface area contributed by atoms with Gasteiger partial charge in [0, 0.05) is 5.69 Å². The molecule has 136 valence electrons. The fourth-order valence-corrected chi connectivity index (χ4v) is 4.08. The third-order valence-corrected chi connectivity index (χ3v) is 5.41.